The Kier molecular flexibility index (Phi) is 5.64. The summed E-state index contributed by atoms with van der Waals surface area (Å²) in [7, 11) is 0. The summed E-state index contributed by atoms with van der Waals surface area (Å²) in [4.78, 5) is 15.1. The van der Waals surface area contributed by atoms with E-state index in [9.17, 15) is 0 Å². The van der Waals surface area contributed by atoms with Gasteiger partial charge in [-0.1, -0.05) is 115 Å². The van der Waals surface area contributed by atoms with Crippen molar-refractivity contribution < 1.29 is 0 Å². The predicted molar refractivity (Wildman–Crippen MR) is 183 cm³/mol. The quantitative estimate of drug-likeness (QED) is 0.208. The third-order valence-corrected chi connectivity index (χ3v) is 9.45. The number of thiophene rings is 1. The maximum atomic E-state index is 5.09. The fraction of sp³-hybridized carbons (Fsp3) is 0. The van der Waals surface area contributed by atoms with Gasteiger partial charge >= 0.3 is 0 Å². The van der Waals surface area contributed by atoms with Gasteiger partial charge in [-0.3, -0.25) is 0 Å². The molecule has 0 radical (unpaired) electrons. The maximum Gasteiger partial charge on any atom is 0.164 e. The lowest BCUT2D eigenvalue weighted by Gasteiger charge is -2.13. The standard InChI is InChI=1S/C39H24N4S/c1-3-13-25(14-4-1)37-40-38(26-15-5-2-6-16-26)42-39(41-37)27-23-31-30-19-9-12-22-35(30)44-36(31)34(24-27)43-32-20-10-7-17-28(32)29-18-8-11-21-33(29)43/h1-24H. The topological polar surface area (TPSA) is 43.6 Å². The number of benzene rings is 6. The SMILES string of the molecule is c1ccc(-c2nc(-c3ccccc3)nc(-c3cc(-n4c5ccccc5c5ccccc54)c4sc5ccccc5c4c3)n2)cc1. The molecule has 0 saturated heterocycles. The summed E-state index contributed by atoms with van der Waals surface area (Å²) in [6.07, 6.45) is 0. The molecule has 0 saturated carbocycles. The second-order valence-corrected chi connectivity index (χ2v) is 11.9. The number of nitrogens with zero attached hydrogens (tertiary/aromatic N) is 4. The molecule has 9 rings (SSSR count). The molecular formula is C39H24N4S. The van der Waals surface area contributed by atoms with Gasteiger partial charge in [0.25, 0.3) is 0 Å². The highest BCUT2D eigenvalue weighted by atomic mass is 32.1. The van der Waals surface area contributed by atoms with Crippen molar-refractivity contribution in [1.29, 1.82) is 0 Å². The third kappa shape index (κ3) is 3.94. The highest BCUT2D eigenvalue weighted by Gasteiger charge is 2.20. The molecule has 0 spiro atoms. The molecule has 3 heterocycles. The first kappa shape index (κ1) is 24.9. The summed E-state index contributed by atoms with van der Waals surface area (Å²) in [5.74, 6) is 1.96. The van der Waals surface area contributed by atoms with Gasteiger partial charge in [0, 0.05) is 42.9 Å². The van der Waals surface area contributed by atoms with Crippen molar-refractivity contribution in [3.8, 4) is 39.9 Å². The van der Waals surface area contributed by atoms with Crippen LogP contribution in [0.15, 0.2) is 146 Å². The van der Waals surface area contributed by atoms with Crippen molar-refractivity contribution in [2.45, 2.75) is 0 Å². The lowest BCUT2D eigenvalue weighted by Crippen LogP contribution is -2.01. The summed E-state index contributed by atoms with van der Waals surface area (Å²) >= 11 is 1.83. The van der Waals surface area contributed by atoms with Gasteiger partial charge in [0.1, 0.15) is 0 Å². The van der Waals surface area contributed by atoms with Gasteiger partial charge in [-0.2, -0.15) is 0 Å². The van der Waals surface area contributed by atoms with E-state index in [1.165, 1.54) is 42.0 Å². The molecule has 44 heavy (non-hydrogen) atoms. The zero-order valence-corrected chi connectivity index (χ0v) is 24.4. The van der Waals surface area contributed by atoms with Crippen molar-refractivity contribution in [3.05, 3.63) is 146 Å². The summed E-state index contributed by atoms with van der Waals surface area (Å²) in [6.45, 7) is 0. The second-order valence-electron chi connectivity index (χ2n) is 10.9. The molecule has 0 aliphatic carbocycles. The lowest BCUT2D eigenvalue weighted by atomic mass is 10.1. The molecule has 9 aromatic rings. The van der Waals surface area contributed by atoms with Crippen molar-refractivity contribution in [2.24, 2.45) is 0 Å². The van der Waals surface area contributed by atoms with E-state index in [4.69, 9.17) is 15.0 Å². The molecule has 4 nitrogen and oxygen atoms in total. The van der Waals surface area contributed by atoms with E-state index >= 15 is 0 Å². The monoisotopic (exact) mass is 580 g/mol. The van der Waals surface area contributed by atoms with Crippen LogP contribution < -0.4 is 0 Å². The number of para-hydroxylation sites is 2. The van der Waals surface area contributed by atoms with Crippen LogP contribution in [0, 0.1) is 0 Å². The minimum atomic E-state index is 0.650. The molecule has 0 atom stereocenters. The first-order chi connectivity index (χ1) is 21.8. The van der Waals surface area contributed by atoms with Crippen molar-refractivity contribution in [1.82, 2.24) is 19.5 Å². The van der Waals surface area contributed by atoms with Gasteiger partial charge in [0.05, 0.1) is 21.4 Å². The zero-order valence-electron chi connectivity index (χ0n) is 23.6. The molecule has 3 aromatic heterocycles. The molecule has 0 bridgehead atoms. The molecule has 206 valence electrons. The van der Waals surface area contributed by atoms with E-state index in [2.05, 4.69) is 89.5 Å². The van der Waals surface area contributed by atoms with Crippen LogP contribution in [-0.4, -0.2) is 19.5 Å². The Morgan fingerprint density at radius 2 is 0.886 bits per heavy atom. The van der Waals surface area contributed by atoms with E-state index in [-0.39, 0.29) is 0 Å². The fourth-order valence-electron chi connectivity index (χ4n) is 6.22. The molecule has 0 amide bonds. The highest BCUT2D eigenvalue weighted by molar-refractivity contribution is 7.26. The van der Waals surface area contributed by atoms with Crippen molar-refractivity contribution in [2.75, 3.05) is 0 Å². The first-order valence-electron chi connectivity index (χ1n) is 14.6. The second kappa shape index (κ2) is 9.97. The molecule has 5 heteroatoms. The van der Waals surface area contributed by atoms with E-state index in [1.807, 2.05) is 72.0 Å². The largest absolute Gasteiger partial charge is 0.308 e. The number of hydrogen-bond donors (Lipinski definition) is 0. The van der Waals surface area contributed by atoms with E-state index < -0.39 is 0 Å². The predicted octanol–water partition coefficient (Wildman–Crippen LogP) is 10.3. The zero-order chi connectivity index (χ0) is 29.0. The van der Waals surface area contributed by atoms with Gasteiger partial charge in [0.15, 0.2) is 17.5 Å². The summed E-state index contributed by atoms with van der Waals surface area (Å²) in [5.41, 5.74) is 6.34. The van der Waals surface area contributed by atoms with Gasteiger partial charge < -0.3 is 4.57 Å². The average molecular weight is 581 g/mol. The van der Waals surface area contributed by atoms with Crippen molar-refractivity contribution in [3.63, 3.8) is 0 Å². The van der Waals surface area contributed by atoms with Gasteiger partial charge in [-0.15, -0.1) is 11.3 Å². The minimum absolute atomic E-state index is 0.650. The van der Waals surface area contributed by atoms with Crippen molar-refractivity contribution >= 4 is 53.3 Å². The summed E-state index contributed by atoms with van der Waals surface area (Å²) in [6, 6.07) is 50.8. The molecule has 0 aliphatic heterocycles. The van der Waals surface area contributed by atoms with Crippen LogP contribution in [-0.2, 0) is 0 Å². The number of fused-ring (bicyclic) bond motifs is 6. The van der Waals surface area contributed by atoms with Crippen LogP contribution >= 0.6 is 11.3 Å². The third-order valence-electron chi connectivity index (χ3n) is 8.24. The van der Waals surface area contributed by atoms with Crippen LogP contribution in [0.25, 0.3) is 81.8 Å². The Balaban J connectivity index is 1.39. The summed E-state index contributed by atoms with van der Waals surface area (Å²) < 4.78 is 4.90. The smallest absolute Gasteiger partial charge is 0.164 e. The average Bonchev–Trinajstić information content (AvgIpc) is 3.64. The molecule has 0 N–H and O–H groups in total. The fourth-order valence-corrected chi connectivity index (χ4v) is 7.41. The Morgan fingerprint density at radius 1 is 0.409 bits per heavy atom. The molecule has 0 unspecified atom stereocenters. The Morgan fingerprint density at radius 3 is 1.48 bits per heavy atom. The normalized spacial score (nSPS) is 11.6. The van der Waals surface area contributed by atoms with Gasteiger partial charge in [-0.25, -0.2) is 15.0 Å². The van der Waals surface area contributed by atoms with E-state index in [0.29, 0.717) is 17.5 Å². The van der Waals surface area contributed by atoms with Crippen LogP contribution in [0.1, 0.15) is 0 Å². The van der Waals surface area contributed by atoms with Crippen LogP contribution in [0.5, 0.6) is 0 Å². The number of aromatic nitrogens is 4. The van der Waals surface area contributed by atoms with E-state index in [0.717, 1.165) is 22.4 Å². The molecular weight excluding hydrogens is 557 g/mol. The maximum absolute atomic E-state index is 5.09. The Hall–Kier alpha value is -5.65. The Labute approximate surface area is 257 Å². The molecule has 0 aliphatic rings. The van der Waals surface area contributed by atoms with Crippen LogP contribution in [0.3, 0.4) is 0 Å². The van der Waals surface area contributed by atoms with Crippen LogP contribution in [0.4, 0.5) is 0 Å². The van der Waals surface area contributed by atoms with E-state index in [1.54, 1.807) is 0 Å². The minimum Gasteiger partial charge on any atom is -0.308 e. The lowest BCUT2D eigenvalue weighted by molar-refractivity contribution is 1.07. The van der Waals surface area contributed by atoms with Gasteiger partial charge in [0.2, 0.25) is 0 Å². The highest BCUT2D eigenvalue weighted by Crippen LogP contribution is 2.43. The first-order valence-corrected chi connectivity index (χ1v) is 15.4. The van der Waals surface area contributed by atoms with Crippen LogP contribution in [0.2, 0.25) is 0 Å². The number of hydrogen-bond acceptors (Lipinski definition) is 4. The van der Waals surface area contributed by atoms with Gasteiger partial charge in [-0.05, 0) is 30.3 Å². The molecule has 0 fully saturated rings. The Bertz CT molecular complexity index is 2380. The summed E-state index contributed by atoms with van der Waals surface area (Å²) in [5, 5.41) is 4.90. The number of rotatable bonds is 4. The molecule has 6 aromatic carbocycles.